The third-order valence-corrected chi connectivity index (χ3v) is 11.2. The molecule has 0 rings (SSSR count). The topological polar surface area (TPSA) is 95.9 Å². The quantitative estimate of drug-likeness (QED) is 0.0324. The number of unbranched alkanes of at least 4 members (excludes halogenated alkanes) is 26. The highest BCUT2D eigenvalue weighted by molar-refractivity contribution is 5.77. The molecule has 0 aliphatic rings. The molecule has 0 aromatic carbocycles. The molecular weight excluding hydrogens is 707 g/mol. The number of aliphatic hydroxyl groups excluding tert-OH is 2. The first-order valence-electron chi connectivity index (χ1n) is 24.7. The van der Waals surface area contributed by atoms with E-state index >= 15 is 0 Å². The van der Waals surface area contributed by atoms with Crippen LogP contribution in [-0.4, -0.2) is 46.9 Å². The number of allylic oxidation sites excluding steroid dienone is 6. The Hall–Kier alpha value is -1.92. The van der Waals surface area contributed by atoms with Crippen LogP contribution in [0.4, 0.5) is 0 Å². The van der Waals surface area contributed by atoms with Crippen molar-refractivity contribution in [3.8, 4) is 0 Å². The fraction of sp³-hybridized carbons (Fsp3) is 0.843. The average molecular weight is 802 g/mol. The van der Waals surface area contributed by atoms with E-state index < -0.39 is 18.2 Å². The second-order valence-corrected chi connectivity index (χ2v) is 16.8. The molecule has 0 aromatic rings. The van der Waals surface area contributed by atoms with Gasteiger partial charge in [-0.15, -0.1) is 0 Å². The zero-order valence-electron chi connectivity index (χ0n) is 38.0. The molecule has 334 valence electrons. The Morgan fingerprint density at radius 3 is 1.49 bits per heavy atom. The van der Waals surface area contributed by atoms with E-state index in [-0.39, 0.29) is 24.9 Å². The van der Waals surface area contributed by atoms with E-state index in [1.54, 1.807) is 0 Å². The first kappa shape index (κ1) is 55.1. The lowest BCUT2D eigenvalue weighted by Crippen LogP contribution is -2.46. The van der Waals surface area contributed by atoms with Gasteiger partial charge in [0.25, 0.3) is 0 Å². The van der Waals surface area contributed by atoms with E-state index in [0.717, 1.165) is 89.9 Å². The number of rotatable bonds is 44. The van der Waals surface area contributed by atoms with Crippen LogP contribution < -0.4 is 5.32 Å². The Kier molecular flexibility index (Phi) is 43.6. The van der Waals surface area contributed by atoms with Gasteiger partial charge in [-0.1, -0.05) is 198 Å². The van der Waals surface area contributed by atoms with Gasteiger partial charge in [0, 0.05) is 6.42 Å². The number of carbonyl (C=O) groups excluding carboxylic acids is 2. The number of amides is 1. The van der Waals surface area contributed by atoms with Crippen molar-refractivity contribution in [1.82, 2.24) is 5.32 Å². The van der Waals surface area contributed by atoms with Gasteiger partial charge >= 0.3 is 5.97 Å². The molecule has 3 N–H and O–H groups in total. The maximum atomic E-state index is 13.1. The molecule has 0 aliphatic carbocycles. The van der Waals surface area contributed by atoms with E-state index in [1.807, 2.05) is 0 Å². The Labute approximate surface area is 353 Å². The van der Waals surface area contributed by atoms with E-state index in [9.17, 15) is 19.8 Å². The zero-order valence-corrected chi connectivity index (χ0v) is 38.0. The number of nitrogens with one attached hydrogen (secondary N) is 1. The summed E-state index contributed by atoms with van der Waals surface area (Å²) in [5.74, 6) is -0.495. The second kappa shape index (κ2) is 45.2. The SMILES string of the molecule is CC/C=C/C/C=C/CCCCCCCCCC(=O)OC(CCCCC/C=C\CCCCC)CC(=O)NC(CO)C(O)CCCCCCCCCCCCCCCC. The summed E-state index contributed by atoms with van der Waals surface area (Å²) in [6.45, 7) is 6.35. The van der Waals surface area contributed by atoms with Crippen LogP contribution in [0.3, 0.4) is 0 Å². The van der Waals surface area contributed by atoms with Gasteiger partial charge in [-0.25, -0.2) is 0 Å². The molecule has 0 fully saturated rings. The summed E-state index contributed by atoms with van der Waals surface area (Å²) < 4.78 is 5.90. The Morgan fingerprint density at radius 1 is 0.526 bits per heavy atom. The predicted octanol–water partition coefficient (Wildman–Crippen LogP) is 14.5. The van der Waals surface area contributed by atoms with Crippen molar-refractivity contribution >= 4 is 11.9 Å². The van der Waals surface area contributed by atoms with Crippen molar-refractivity contribution in [2.75, 3.05) is 6.61 Å². The minimum absolute atomic E-state index is 0.0653. The van der Waals surface area contributed by atoms with Crippen LogP contribution in [0.5, 0.6) is 0 Å². The van der Waals surface area contributed by atoms with Crippen molar-refractivity contribution in [2.45, 2.75) is 270 Å². The number of aliphatic hydroxyl groups is 2. The fourth-order valence-electron chi connectivity index (χ4n) is 7.46. The second-order valence-electron chi connectivity index (χ2n) is 16.8. The highest BCUT2D eigenvalue weighted by Gasteiger charge is 2.24. The molecule has 0 bridgehead atoms. The van der Waals surface area contributed by atoms with Gasteiger partial charge in [0.05, 0.1) is 25.2 Å². The van der Waals surface area contributed by atoms with Crippen LogP contribution in [0, 0.1) is 0 Å². The third kappa shape index (κ3) is 40.6. The molecule has 1 amide bonds. The van der Waals surface area contributed by atoms with E-state index in [2.05, 4.69) is 62.5 Å². The van der Waals surface area contributed by atoms with Crippen LogP contribution in [-0.2, 0) is 14.3 Å². The lowest BCUT2D eigenvalue weighted by atomic mass is 10.0. The van der Waals surface area contributed by atoms with Crippen molar-refractivity contribution in [3.63, 3.8) is 0 Å². The molecule has 0 saturated carbocycles. The molecule has 57 heavy (non-hydrogen) atoms. The average Bonchev–Trinajstić information content (AvgIpc) is 3.20. The van der Waals surface area contributed by atoms with Crippen LogP contribution >= 0.6 is 0 Å². The van der Waals surface area contributed by atoms with Gasteiger partial charge in [0.2, 0.25) is 5.91 Å². The first-order chi connectivity index (χ1) is 28.0. The lowest BCUT2D eigenvalue weighted by molar-refractivity contribution is -0.151. The molecule has 6 heteroatoms. The number of carbonyl (C=O) groups is 2. The minimum atomic E-state index is -0.790. The fourth-order valence-corrected chi connectivity index (χ4v) is 7.46. The van der Waals surface area contributed by atoms with Gasteiger partial charge < -0.3 is 20.3 Å². The predicted molar refractivity (Wildman–Crippen MR) is 246 cm³/mol. The van der Waals surface area contributed by atoms with Crippen molar-refractivity contribution in [3.05, 3.63) is 36.5 Å². The highest BCUT2D eigenvalue weighted by Crippen LogP contribution is 2.17. The minimum Gasteiger partial charge on any atom is -0.462 e. The molecule has 0 aliphatic heterocycles. The molecule has 6 nitrogen and oxygen atoms in total. The third-order valence-electron chi connectivity index (χ3n) is 11.2. The molecule has 0 spiro atoms. The standard InChI is InChI=1S/C51H95NO5/c1-4-7-10-13-16-19-22-24-26-28-31-34-37-40-43-49(54)48(46-53)52-50(55)45-47(42-39-36-33-30-21-18-15-12-9-6-3)57-51(56)44-41-38-35-32-29-27-25-23-20-17-14-11-8-5-2/h8,11,17-18,20-21,47-49,53-54H,4-7,9-10,12-16,19,22-46H2,1-3H3,(H,52,55)/b11-8+,20-17+,21-18-. The molecule has 0 saturated heterocycles. The van der Waals surface area contributed by atoms with Crippen molar-refractivity contribution in [2.24, 2.45) is 0 Å². The van der Waals surface area contributed by atoms with Crippen molar-refractivity contribution in [1.29, 1.82) is 0 Å². The molecule has 0 heterocycles. The van der Waals surface area contributed by atoms with Gasteiger partial charge in [-0.2, -0.15) is 0 Å². The summed E-state index contributed by atoms with van der Waals surface area (Å²) in [4.78, 5) is 26.0. The van der Waals surface area contributed by atoms with Crippen LogP contribution in [0.1, 0.15) is 252 Å². The highest BCUT2D eigenvalue weighted by atomic mass is 16.5. The number of hydrogen-bond acceptors (Lipinski definition) is 5. The van der Waals surface area contributed by atoms with E-state index in [0.29, 0.717) is 19.3 Å². The maximum Gasteiger partial charge on any atom is 0.306 e. The van der Waals surface area contributed by atoms with Gasteiger partial charge in [0.15, 0.2) is 0 Å². The maximum absolute atomic E-state index is 13.1. The summed E-state index contributed by atoms with van der Waals surface area (Å²) in [5, 5.41) is 23.7. The molecule has 0 radical (unpaired) electrons. The van der Waals surface area contributed by atoms with Gasteiger partial charge in [-0.3, -0.25) is 9.59 Å². The van der Waals surface area contributed by atoms with E-state index in [4.69, 9.17) is 4.74 Å². The molecule has 0 aromatic heterocycles. The van der Waals surface area contributed by atoms with Gasteiger partial charge in [-0.05, 0) is 77.0 Å². The Balaban J connectivity index is 4.51. The summed E-state index contributed by atoms with van der Waals surface area (Å²) >= 11 is 0. The largest absolute Gasteiger partial charge is 0.462 e. The summed E-state index contributed by atoms with van der Waals surface area (Å²) in [5.41, 5.74) is 0. The normalized spacial score (nSPS) is 13.6. The Bertz CT molecular complexity index is 946. The zero-order chi connectivity index (χ0) is 41.7. The Morgan fingerprint density at radius 2 is 0.947 bits per heavy atom. The molecule has 3 atom stereocenters. The van der Waals surface area contributed by atoms with Crippen LogP contribution in [0.25, 0.3) is 0 Å². The smallest absolute Gasteiger partial charge is 0.306 e. The molecular formula is C51H95NO5. The monoisotopic (exact) mass is 802 g/mol. The van der Waals surface area contributed by atoms with E-state index in [1.165, 1.54) is 116 Å². The lowest BCUT2D eigenvalue weighted by Gasteiger charge is -2.24. The summed E-state index contributed by atoms with van der Waals surface area (Å²) in [6, 6.07) is -0.704. The van der Waals surface area contributed by atoms with Crippen LogP contribution in [0.2, 0.25) is 0 Å². The summed E-state index contributed by atoms with van der Waals surface area (Å²) in [6.07, 6.45) is 52.0. The number of ether oxygens (including phenoxy) is 1. The molecule has 3 unspecified atom stereocenters. The van der Waals surface area contributed by atoms with Crippen LogP contribution in [0.15, 0.2) is 36.5 Å². The first-order valence-corrected chi connectivity index (χ1v) is 24.7. The van der Waals surface area contributed by atoms with Gasteiger partial charge in [0.1, 0.15) is 6.10 Å². The van der Waals surface area contributed by atoms with Crippen molar-refractivity contribution < 1.29 is 24.5 Å². The number of esters is 1. The number of hydrogen-bond donors (Lipinski definition) is 3. The summed E-state index contributed by atoms with van der Waals surface area (Å²) in [7, 11) is 0.